The smallest absolute Gasteiger partial charge is 0.407 e. The fourth-order valence-corrected chi connectivity index (χ4v) is 4.43. The van der Waals surface area contributed by atoms with Gasteiger partial charge in [-0.05, 0) is 37.5 Å². The van der Waals surface area contributed by atoms with Gasteiger partial charge in [-0.15, -0.1) is 0 Å². The highest BCUT2D eigenvalue weighted by Crippen LogP contribution is 2.59. The highest BCUT2D eigenvalue weighted by atomic mass is 16.5. The second-order valence-electron chi connectivity index (χ2n) is 7.50. The van der Waals surface area contributed by atoms with Crippen LogP contribution in [0.15, 0.2) is 0 Å². The zero-order chi connectivity index (χ0) is 14.7. The summed E-state index contributed by atoms with van der Waals surface area (Å²) < 4.78 is 5.25. The Kier molecular flexibility index (Phi) is 2.77. The number of likely N-dealkylation sites (tertiary alicyclic amines) is 1. The molecule has 2 saturated carbocycles. The second kappa shape index (κ2) is 4.35. The van der Waals surface area contributed by atoms with E-state index in [1.165, 1.54) is 4.90 Å². The van der Waals surface area contributed by atoms with Gasteiger partial charge in [0.05, 0.1) is 13.2 Å². The first-order valence-electron chi connectivity index (χ1n) is 7.88. The van der Waals surface area contributed by atoms with E-state index in [-0.39, 0.29) is 17.2 Å². The Morgan fingerprint density at radius 1 is 1.14 bits per heavy atom. The maximum atomic E-state index is 12.3. The highest BCUT2D eigenvalue weighted by Gasteiger charge is 2.59. The number of ether oxygens (including phenoxy) is 1. The van der Waals surface area contributed by atoms with Crippen LogP contribution in [0.3, 0.4) is 0 Å². The van der Waals surface area contributed by atoms with E-state index in [0.717, 1.165) is 45.3 Å². The largest absolute Gasteiger partial charge is 0.465 e. The number of carbonyl (C=O) groups excluding carboxylic acids is 1. The highest BCUT2D eigenvalue weighted by molar-refractivity contribution is 5.83. The number of carbonyl (C=O) groups is 2. The molecule has 116 valence electrons. The number of nitrogens with zero attached hydrogens (tertiary/aromatic N) is 1. The summed E-state index contributed by atoms with van der Waals surface area (Å²) in [7, 11) is 0. The van der Waals surface area contributed by atoms with Gasteiger partial charge in [-0.2, -0.15) is 0 Å². The van der Waals surface area contributed by atoms with Crippen molar-refractivity contribution in [3.05, 3.63) is 0 Å². The first kappa shape index (κ1) is 13.4. The van der Waals surface area contributed by atoms with E-state index in [1.54, 1.807) is 0 Å². The quantitative estimate of drug-likeness (QED) is 0.798. The Labute approximate surface area is 123 Å². The number of piperidine rings is 1. The first-order valence-corrected chi connectivity index (χ1v) is 7.88. The van der Waals surface area contributed by atoms with Crippen molar-refractivity contribution in [1.29, 1.82) is 0 Å². The van der Waals surface area contributed by atoms with Crippen molar-refractivity contribution in [2.75, 3.05) is 26.3 Å². The standard InChI is InChI=1S/C15H22N2O4/c18-12(16-10-5-14(6-10)8-21-9-14)11-7-15(11)1-3-17(4-2-15)13(19)20/h10-11H,1-9H2,(H,16,18)(H,19,20). The third kappa shape index (κ3) is 2.11. The van der Waals surface area contributed by atoms with Gasteiger partial charge in [0, 0.05) is 30.5 Å². The molecule has 2 spiro atoms. The molecular formula is C15H22N2O4. The molecule has 4 fully saturated rings. The number of hydrogen-bond donors (Lipinski definition) is 2. The lowest BCUT2D eigenvalue weighted by molar-refractivity contribution is -0.169. The fraction of sp³-hybridized carbons (Fsp3) is 0.867. The predicted octanol–water partition coefficient (Wildman–Crippen LogP) is 1.06. The molecule has 2 heterocycles. The fourth-order valence-electron chi connectivity index (χ4n) is 4.43. The summed E-state index contributed by atoms with van der Waals surface area (Å²) in [6, 6.07) is 0.332. The lowest BCUT2D eigenvalue weighted by Gasteiger charge is -2.53. The minimum atomic E-state index is -0.839. The van der Waals surface area contributed by atoms with Crippen LogP contribution in [0.1, 0.15) is 32.1 Å². The van der Waals surface area contributed by atoms with Crippen LogP contribution >= 0.6 is 0 Å². The van der Waals surface area contributed by atoms with Crippen molar-refractivity contribution in [2.45, 2.75) is 38.1 Å². The predicted molar refractivity (Wildman–Crippen MR) is 73.8 cm³/mol. The maximum absolute atomic E-state index is 12.3. The molecule has 2 N–H and O–H groups in total. The molecule has 2 saturated heterocycles. The zero-order valence-corrected chi connectivity index (χ0v) is 12.1. The van der Waals surface area contributed by atoms with E-state index in [2.05, 4.69) is 5.32 Å². The number of rotatable bonds is 2. The number of hydrogen-bond acceptors (Lipinski definition) is 3. The second-order valence-corrected chi connectivity index (χ2v) is 7.50. The SMILES string of the molecule is O=C(NC1CC2(COC2)C1)C1CC12CCN(C(=O)O)CC2. The maximum Gasteiger partial charge on any atom is 0.407 e. The van der Waals surface area contributed by atoms with Gasteiger partial charge in [0.15, 0.2) is 0 Å². The molecule has 4 aliphatic rings. The molecule has 2 amide bonds. The number of amides is 2. The minimum absolute atomic E-state index is 0.0943. The Bertz CT molecular complexity index is 472. The summed E-state index contributed by atoms with van der Waals surface area (Å²) in [6.07, 6.45) is 3.89. The Morgan fingerprint density at radius 2 is 1.81 bits per heavy atom. The van der Waals surface area contributed by atoms with Crippen molar-refractivity contribution in [1.82, 2.24) is 10.2 Å². The Hall–Kier alpha value is -1.30. The molecule has 21 heavy (non-hydrogen) atoms. The summed E-state index contributed by atoms with van der Waals surface area (Å²) in [4.78, 5) is 24.7. The van der Waals surface area contributed by atoms with Crippen LogP contribution in [0.5, 0.6) is 0 Å². The lowest BCUT2D eigenvalue weighted by atomic mass is 9.64. The third-order valence-corrected chi connectivity index (χ3v) is 6.06. The van der Waals surface area contributed by atoms with E-state index in [1.807, 2.05) is 0 Å². The third-order valence-electron chi connectivity index (χ3n) is 6.06. The minimum Gasteiger partial charge on any atom is -0.465 e. The molecule has 6 heteroatoms. The molecule has 0 aromatic carbocycles. The van der Waals surface area contributed by atoms with Gasteiger partial charge in [-0.1, -0.05) is 0 Å². The van der Waals surface area contributed by atoms with Crippen molar-refractivity contribution in [3.8, 4) is 0 Å². The van der Waals surface area contributed by atoms with Crippen LogP contribution in [0.4, 0.5) is 4.79 Å². The molecule has 1 atom stereocenters. The van der Waals surface area contributed by atoms with Crippen molar-refractivity contribution in [2.24, 2.45) is 16.7 Å². The average Bonchev–Trinajstić information content (AvgIpc) is 3.05. The lowest BCUT2D eigenvalue weighted by Crippen LogP contribution is -2.59. The molecule has 0 bridgehead atoms. The molecule has 0 radical (unpaired) electrons. The van der Waals surface area contributed by atoms with Gasteiger partial charge in [0.2, 0.25) is 5.91 Å². The van der Waals surface area contributed by atoms with E-state index >= 15 is 0 Å². The number of nitrogens with one attached hydrogen (secondary N) is 1. The normalized spacial score (nSPS) is 32.4. The molecule has 6 nitrogen and oxygen atoms in total. The van der Waals surface area contributed by atoms with Gasteiger partial charge in [0.1, 0.15) is 0 Å². The van der Waals surface area contributed by atoms with Gasteiger partial charge in [-0.25, -0.2) is 4.79 Å². The van der Waals surface area contributed by atoms with Crippen LogP contribution in [0.2, 0.25) is 0 Å². The number of carboxylic acid groups (broad SMARTS) is 1. The molecule has 1 unspecified atom stereocenters. The van der Waals surface area contributed by atoms with Crippen LogP contribution in [-0.2, 0) is 9.53 Å². The monoisotopic (exact) mass is 294 g/mol. The summed E-state index contributed by atoms with van der Waals surface area (Å²) in [5.41, 5.74) is 0.475. The van der Waals surface area contributed by atoms with E-state index in [4.69, 9.17) is 9.84 Å². The van der Waals surface area contributed by atoms with Gasteiger partial charge in [0.25, 0.3) is 0 Å². The van der Waals surface area contributed by atoms with Crippen LogP contribution < -0.4 is 5.32 Å². The van der Waals surface area contributed by atoms with E-state index in [9.17, 15) is 9.59 Å². The Balaban J connectivity index is 1.25. The summed E-state index contributed by atoms with van der Waals surface area (Å²) >= 11 is 0. The summed E-state index contributed by atoms with van der Waals surface area (Å²) in [5, 5.41) is 12.2. The molecule has 2 aliphatic carbocycles. The van der Waals surface area contributed by atoms with Crippen molar-refractivity contribution >= 4 is 12.0 Å². The first-order chi connectivity index (χ1) is 10.0. The van der Waals surface area contributed by atoms with Crippen molar-refractivity contribution < 1.29 is 19.4 Å². The molecular weight excluding hydrogens is 272 g/mol. The van der Waals surface area contributed by atoms with E-state index < -0.39 is 6.09 Å². The van der Waals surface area contributed by atoms with Gasteiger partial charge >= 0.3 is 6.09 Å². The van der Waals surface area contributed by atoms with E-state index in [0.29, 0.717) is 24.5 Å². The van der Waals surface area contributed by atoms with Crippen LogP contribution in [0, 0.1) is 16.7 Å². The summed E-state index contributed by atoms with van der Waals surface area (Å²) in [5.74, 6) is 0.307. The van der Waals surface area contributed by atoms with Crippen LogP contribution in [0.25, 0.3) is 0 Å². The summed E-state index contributed by atoms with van der Waals surface area (Å²) in [6.45, 7) is 2.86. The van der Waals surface area contributed by atoms with Crippen molar-refractivity contribution in [3.63, 3.8) is 0 Å². The zero-order valence-electron chi connectivity index (χ0n) is 12.1. The van der Waals surface area contributed by atoms with Gasteiger partial charge < -0.3 is 20.1 Å². The molecule has 0 aromatic heterocycles. The van der Waals surface area contributed by atoms with Gasteiger partial charge in [-0.3, -0.25) is 4.79 Å². The topological polar surface area (TPSA) is 78.9 Å². The molecule has 4 rings (SSSR count). The average molecular weight is 294 g/mol. The Morgan fingerprint density at radius 3 is 2.33 bits per heavy atom. The van der Waals surface area contributed by atoms with Crippen LogP contribution in [-0.4, -0.2) is 54.4 Å². The molecule has 2 aliphatic heterocycles. The molecule has 0 aromatic rings.